The molecule has 130 valence electrons. The third-order valence-corrected chi connectivity index (χ3v) is 5.02. The summed E-state index contributed by atoms with van der Waals surface area (Å²) in [6, 6.07) is 16.4. The van der Waals surface area contributed by atoms with Gasteiger partial charge in [-0.05, 0) is 38.8 Å². The van der Waals surface area contributed by atoms with Crippen LogP contribution in [-0.4, -0.2) is 23.4 Å². The summed E-state index contributed by atoms with van der Waals surface area (Å²) < 4.78 is 13.4. The van der Waals surface area contributed by atoms with Crippen molar-refractivity contribution >= 4 is 27.8 Å². The molecule has 0 saturated carbocycles. The summed E-state index contributed by atoms with van der Waals surface area (Å²) >= 11 is 0. The van der Waals surface area contributed by atoms with E-state index in [0.29, 0.717) is 6.61 Å². The van der Waals surface area contributed by atoms with E-state index in [-0.39, 0.29) is 5.97 Å². The zero-order valence-corrected chi connectivity index (χ0v) is 14.7. The minimum Gasteiger partial charge on any atom is -0.434 e. The van der Waals surface area contributed by atoms with Gasteiger partial charge in [0.25, 0.3) is 0 Å². The highest BCUT2D eigenvalue weighted by molar-refractivity contribution is 6.09. The summed E-state index contributed by atoms with van der Waals surface area (Å²) in [4.78, 5) is 13.0. The van der Waals surface area contributed by atoms with Gasteiger partial charge in [-0.15, -0.1) is 0 Å². The molecule has 4 rings (SSSR count). The quantitative estimate of drug-likeness (QED) is 0.656. The molecule has 0 spiro atoms. The third-order valence-electron chi connectivity index (χ3n) is 5.02. The molecule has 0 bridgehead atoms. The predicted octanol–water partition coefficient (Wildman–Crippen LogP) is 4.60. The van der Waals surface area contributed by atoms with Crippen LogP contribution in [0.4, 0.5) is 0 Å². The highest BCUT2D eigenvalue weighted by Crippen LogP contribution is 2.35. The number of rotatable bonds is 3. The van der Waals surface area contributed by atoms with Crippen molar-refractivity contribution in [2.24, 2.45) is 0 Å². The Bertz CT molecular complexity index is 866. The van der Waals surface area contributed by atoms with Crippen LogP contribution in [0.15, 0.2) is 48.5 Å². The van der Waals surface area contributed by atoms with Gasteiger partial charge in [0, 0.05) is 17.2 Å². The molecule has 4 nitrogen and oxygen atoms in total. The van der Waals surface area contributed by atoms with Crippen LogP contribution in [0.25, 0.3) is 21.8 Å². The molecule has 2 heterocycles. The molecule has 3 aromatic rings. The van der Waals surface area contributed by atoms with Gasteiger partial charge < -0.3 is 14.0 Å². The molecule has 1 aromatic heterocycles. The fourth-order valence-electron chi connectivity index (χ4n) is 3.68. The van der Waals surface area contributed by atoms with Crippen molar-refractivity contribution in [1.82, 2.24) is 4.57 Å². The molecule has 0 aliphatic carbocycles. The summed E-state index contributed by atoms with van der Waals surface area (Å²) in [6.45, 7) is 4.49. The van der Waals surface area contributed by atoms with Gasteiger partial charge in [-0.25, -0.2) is 4.79 Å². The van der Waals surface area contributed by atoms with Gasteiger partial charge in [0.1, 0.15) is 5.54 Å². The lowest BCUT2D eigenvalue weighted by molar-refractivity contribution is -0.194. The number of nitrogens with zero attached hydrogens (tertiary/aromatic N) is 1. The predicted molar refractivity (Wildman–Crippen MR) is 98.4 cm³/mol. The van der Waals surface area contributed by atoms with E-state index in [2.05, 4.69) is 28.8 Å². The topological polar surface area (TPSA) is 40.5 Å². The van der Waals surface area contributed by atoms with E-state index in [1.807, 2.05) is 38.1 Å². The van der Waals surface area contributed by atoms with Gasteiger partial charge in [0.2, 0.25) is 6.29 Å². The Hall–Kier alpha value is -2.33. The number of para-hydroxylation sites is 2. The number of benzene rings is 2. The standard InChI is InChI=1S/C21H23NO3/c1-21(2,20(23)25-19-13-7-8-14-24-19)22-17-11-5-3-9-15(17)16-10-4-6-12-18(16)22/h3-6,9-12,19H,7-8,13-14H2,1-2H3. The number of esters is 1. The van der Waals surface area contributed by atoms with Crippen LogP contribution in [0.1, 0.15) is 33.1 Å². The maximum absolute atomic E-state index is 13.0. The molecule has 1 unspecified atom stereocenters. The maximum atomic E-state index is 13.0. The van der Waals surface area contributed by atoms with Crippen LogP contribution >= 0.6 is 0 Å². The van der Waals surface area contributed by atoms with Gasteiger partial charge in [-0.1, -0.05) is 36.4 Å². The zero-order valence-electron chi connectivity index (χ0n) is 14.7. The maximum Gasteiger partial charge on any atom is 0.334 e. The molecule has 1 aliphatic heterocycles. The van der Waals surface area contributed by atoms with Crippen LogP contribution in [0.2, 0.25) is 0 Å². The van der Waals surface area contributed by atoms with Gasteiger partial charge in [-0.2, -0.15) is 0 Å². The Balaban J connectivity index is 1.79. The van der Waals surface area contributed by atoms with E-state index in [4.69, 9.17) is 9.47 Å². The second kappa shape index (κ2) is 6.19. The first-order valence-electron chi connectivity index (χ1n) is 8.90. The van der Waals surface area contributed by atoms with Crippen molar-refractivity contribution in [2.45, 2.75) is 44.9 Å². The average molecular weight is 337 g/mol. The largest absolute Gasteiger partial charge is 0.434 e. The highest BCUT2D eigenvalue weighted by Gasteiger charge is 2.36. The van der Waals surface area contributed by atoms with Crippen molar-refractivity contribution < 1.29 is 14.3 Å². The monoisotopic (exact) mass is 337 g/mol. The van der Waals surface area contributed by atoms with Crippen molar-refractivity contribution in [2.75, 3.05) is 6.61 Å². The summed E-state index contributed by atoms with van der Waals surface area (Å²) in [5, 5.41) is 2.29. The van der Waals surface area contributed by atoms with Crippen LogP contribution in [0.3, 0.4) is 0 Å². The average Bonchev–Trinajstić information content (AvgIpc) is 2.98. The number of ether oxygens (including phenoxy) is 2. The number of carbonyl (C=O) groups excluding carboxylic acids is 1. The number of hydrogen-bond donors (Lipinski definition) is 0. The molecule has 0 amide bonds. The van der Waals surface area contributed by atoms with Gasteiger partial charge in [-0.3, -0.25) is 0 Å². The molecule has 2 aromatic carbocycles. The minimum absolute atomic E-state index is 0.258. The van der Waals surface area contributed by atoms with E-state index in [0.717, 1.165) is 41.1 Å². The van der Waals surface area contributed by atoms with E-state index in [9.17, 15) is 4.79 Å². The van der Waals surface area contributed by atoms with Crippen molar-refractivity contribution in [3.63, 3.8) is 0 Å². The SMILES string of the molecule is CC(C)(C(=O)OC1CCCCO1)n1c2ccccc2c2ccccc21. The molecule has 1 saturated heterocycles. The van der Waals surface area contributed by atoms with E-state index in [1.165, 1.54) is 0 Å². The Morgan fingerprint density at radius 1 is 1.04 bits per heavy atom. The van der Waals surface area contributed by atoms with Crippen LogP contribution < -0.4 is 0 Å². The number of carbonyl (C=O) groups is 1. The van der Waals surface area contributed by atoms with Crippen molar-refractivity contribution in [1.29, 1.82) is 0 Å². The fourth-order valence-corrected chi connectivity index (χ4v) is 3.68. The second-order valence-corrected chi connectivity index (χ2v) is 7.13. The van der Waals surface area contributed by atoms with E-state index in [1.54, 1.807) is 0 Å². The molecule has 0 radical (unpaired) electrons. The van der Waals surface area contributed by atoms with Crippen LogP contribution in [-0.2, 0) is 19.8 Å². The lowest BCUT2D eigenvalue weighted by Crippen LogP contribution is -2.40. The normalized spacial score (nSPS) is 18.6. The molecule has 1 aliphatic rings. The fraction of sp³-hybridized carbons (Fsp3) is 0.381. The lowest BCUT2D eigenvalue weighted by atomic mass is 10.0. The van der Waals surface area contributed by atoms with Gasteiger partial charge in [0.15, 0.2) is 0 Å². The minimum atomic E-state index is -0.830. The first kappa shape index (κ1) is 16.2. The summed E-state index contributed by atoms with van der Waals surface area (Å²) in [5.41, 5.74) is 1.24. The Morgan fingerprint density at radius 3 is 2.20 bits per heavy atom. The first-order chi connectivity index (χ1) is 12.1. The number of hydrogen-bond acceptors (Lipinski definition) is 3. The molecule has 0 N–H and O–H groups in total. The Labute approximate surface area is 147 Å². The Kier molecular flexibility index (Phi) is 4.00. The van der Waals surface area contributed by atoms with E-state index >= 15 is 0 Å². The highest BCUT2D eigenvalue weighted by atomic mass is 16.7. The van der Waals surface area contributed by atoms with E-state index < -0.39 is 11.8 Å². The first-order valence-corrected chi connectivity index (χ1v) is 8.90. The summed E-state index contributed by atoms with van der Waals surface area (Å²) in [5.74, 6) is -0.258. The van der Waals surface area contributed by atoms with Gasteiger partial charge >= 0.3 is 5.97 Å². The third kappa shape index (κ3) is 2.71. The number of fused-ring (bicyclic) bond motifs is 3. The molecular weight excluding hydrogens is 314 g/mol. The molecule has 1 atom stereocenters. The number of aromatic nitrogens is 1. The second-order valence-electron chi connectivity index (χ2n) is 7.13. The summed E-state index contributed by atoms with van der Waals surface area (Å²) in [6.07, 6.45) is 2.42. The van der Waals surface area contributed by atoms with Crippen LogP contribution in [0.5, 0.6) is 0 Å². The van der Waals surface area contributed by atoms with Crippen LogP contribution in [0, 0.1) is 0 Å². The summed E-state index contributed by atoms with van der Waals surface area (Å²) in [7, 11) is 0. The zero-order chi connectivity index (χ0) is 17.4. The Morgan fingerprint density at radius 2 is 1.64 bits per heavy atom. The molecule has 4 heteroatoms. The van der Waals surface area contributed by atoms with Crippen molar-refractivity contribution in [3.8, 4) is 0 Å². The molecule has 1 fully saturated rings. The lowest BCUT2D eigenvalue weighted by Gasteiger charge is -2.30. The van der Waals surface area contributed by atoms with Crippen molar-refractivity contribution in [3.05, 3.63) is 48.5 Å². The molecule has 25 heavy (non-hydrogen) atoms. The molecular formula is C21H23NO3. The smallest absolute Gasteiger partial charge is 0.334 e. The van der Waals surface area contributed by atoms with Gasteiger partial charge in [0.05, 0.1) is 17.6 Å².